The first-order chi connectivity index (χ1) is 11.8. The molecule has 2 N–H and O–H groups in total. The zero-order valence-electron chi connectivity index (χ0n) is 13.9. The number of sulfonamides is 1. The molecular formula is C17H20N2O5S. The van der Waals surface area contributed by atoms with Crippen LogP contribution >= 0.6 is 0 Å². The van der Waals surface area contributed by atoms with Crippen LogP contribution in [-0.2, 0) is 14.8 Å². The fraction of sp³-hybridized carbons (Fsp3) is 0.235. The van der Waals surface area contributed by atoms with Crippen LogP contribution in [-0.4, -0.2) is 45.4 Å². The van der Waals surface area contributed by atoms with E-state index in [9.17, 15) is 18.3 Å². The predicted octanol–water partition coefficient (Wildman–Crippen LogP) is 1.35. The lowest BCUT2D eigenvalue weighted by atomic mass is 10.2. The number of likely N-dealkylation sites (N-methyl/N-ethyl adjacent to an activating group) is 1. The van der Waals surface area contributed by atoms with E-state index in [1.165, 1.54) is 7.05 Å². The van der Waals surface area contributed by atoms with Crippen LogP contribution in [0.15, 0.2) is 54.6 Å². The number of para-hydroxylation sites is 1. The summed E-state index contributed by atoms with van der Waals surface area (Å²) in [7, 11) is -2.31. The van der Waals surface area contributed by atoms with Gasteiger partial charge in [0.1, 0.15) is 11.5 Å². The van der Waals surface area contributed by atoms with Crippen molar-refractivity contribution >= 4 is 21.6 Å². The zero-order valence-corrected chi connectivity index (χ0v) is 14.7. The number of ether oxygens (including phenoxy) is 1. The molecule has 2 aromatic carbocycles. The lowest BCUT2D eigenvalue weighted by molar-refractivity contribution is -0.128. The Morgan fingerprint density at radius 2 is 1.68 bits per heavy atom. The molecule has 0 saturated heterocycles. The van der Waals surface area contributed by atoms with Gasteiger partial charge in [-0.05, 0) is 36.4 Å². The van der Waals surface area contributed by atoms with Gasteiger partial charge in [-0.25, -0.2) is 8.42 Å². The lowest BCUT2D eigenvalue weighted by Gasteiger charge is -2.24. The van der Waals surface area contributed by atoms with Gasteiger partial charge in [0.25, 0.3) is 0 Å². The molecular weight excluding hydrogens is 344 g/mol. The average Bonchev–Trinajstić information content (AvgIpc) is 2.59. The Hall–Kier alpha value is -2.58. The van der Waals surface area contributed by atoms with Gasteiger partial charge in [0.15, 0.2) is 6.10 Å². The Morgan fingerprint density at radius 1 is 1.12 bits per heavy atom. The SMILES string of the molecule is CNC(=O)[C@@H](O)CN(c1ccc(Oc2ccccc2)cc1)S(C)(=O)=O. The van der Waals surface area contributed by atoms with Gasteiger partial charge in [0, 0.05) is 7.05 Å². The van der Waals surface area contributed by atoms with Crippen molar-refractivity contribution in [3.8, 4) is 11.5 Å². The van der Waals surface area contributed by atoms with Crippen molar-refractivity contribution in [3.05, 3.63) is 54.6 Å². The Bertz CT molecular complexity index is 807. The van der Waals surface area contributed by atoms with E-state index in [0.29, 0.717) is 17.2 Å². The Kier molecular flexibility index (Phi) is 6.00. The standard InChI is InChI=1S/C17H20N2O5S/c1-18-17(21)16(20)12-19(25(2,22)23)13-8-10-15(11-9-13)24-14-6-4-3-5-7-14/h3-11,16,20H,12H2,1-2H3,(H,18,21)/t16-/m0/s1. The minimum atomic E-state index is -3.67. The summed E-state index contributed by atoms with van der Waals surface area (Å²) in [5.74, 6) is 0.540. The summed E-state index contributed by atoms with van der Waals surface area (Å²) in [6.07, 6.45) is -0.460. The van der Waals surface area contributed by atoms with Crippen LogP contribution in [0.2, 0.25) is 0 Å². The number of rotatable bonds is 7. The van der Waals surface area contributed by atoms with Crippen LogP contribution in [0, 0.1) is 0 Å². The topological polar surface area (TPSA) is 95.9 Å². The smallest absolute Gasteiger partial charge is 0.250 e. The summed E-state index contributed by atoms with van der Waals surface area (Å²) < 4.78 is 30.6. The van der Waals surface area contributed by atoms with Crippen LogP contribution in [0.1, 0.15) is 0 Å². The summed E-state index contributed by atoms with van der Waals surface area (Å²) in [5.41, 5.74) is 0.325. The highest BCUT2D eigenvalue weighted by atomic mass is 32.2. The molecule has 8 heteroatoms. The van der Waals surface area contributed by atoms with Crippen molar-refractivity contribution in [1.29, 1.82) is 0 Å². The van der Waals surface area contributed by atoms with Crippen LogP contribution in [0.5, 0.6) is 11.5 Å². The number of carbonyl (C=O) groups is 1. The van der Waals surface area contributed by atoms with Crippen molar-refractivity contribution in [1.82, 2.24) is 5.32 Å². The molecule has 0 aliphatic heterocycles. The zero-order chi connectivity index (χ0) is 18.4. The number of nitrogens with zero attached hydrogens (tertiary/aromatic N) is 1. The van der Waals surface area contributed by atoms with Crippen LogP contribution in [0.4, 0.5) is 5.69 Å². The highest BCUT2D eigenvalue weighted by molar-refractivity contribution is 7.92. The third kappa shape index (κ3) is 5.20. The highest BCUT2D eigenvalue weighted by Crippen LogP contribution is 2.25. The van der Waals surface area contributed by atoms with Crippen LogP contribution in [0.25, 0.3) is 0 Å². The van der Waals surface area contributed by atoms with Gasteiger partial charge in [-0.1, -0.05) is 18.2 Å². The van der Waals surface area contributed by atoms with E-state index in [-0.39, 0.29) is 6.54 Å². The molecule has 2 rings (SSSR count). The number of aliphatic hydroxyl groups is 1. The van der Waals surface area contributed by atoms with Crippen molar-refractivity contribution in [2.24, 2.45) is 0 Å². The predicted molar refractivity (Wildman–Crippen MR) is 95.2 cm³/mol. The number of amides is 1. The third-order valence-corrected chi connectivity index (χ3v) is 4.55. The van der Waals surface area contributed by atoms with E-state index < -0.39 is 22.0 Å². The molecule has 7 nitrogen and oxygen atoms in total. The van der Waals surface area contributed by atoms with Gasteiger partial charge < -0.3 is 15.2 Å². The average molecular weight is 364 g/mol. The second kappa shape index (κ2) is 8.00. The molecule has 1 amide bonds. The highest BCUT2D eigenvalue weighted by Gasteiger charge is 2.24. The first kappa shape index (κ1) is 18.8. The number of nitrogens with one attached hydrogen (secondary N) is 1. The minimum absolute atomic E-state index is 0.325. The molecule has 0 fully saturated rings. The maximum atomic E-state index is 12.0. The Morgan fingerprint density at radius 3 is 2.20 bits per heavy atom. The monoisotopic (exact) mass is 364 g/mol. The first-order valence-electron chi connectivity index (χ1n) is 7.51. The Labute approximate surface area is 146 Å². The van der Waals surface area contributed by atoms with Crippen molar-refractivity contribution in [2.45, 2.75) is 6.10 Å². The molecule has 2 aromatic rings. The number of anilines is 1. The summed E-state index contributed by atoms with van der Waals surface area (Å²) in [5, 5.41) is 12.1. The molecule has 0 aliphatic carbocycles. The maximum absolute atomic E-state index is 12.0. The quantitative estimate of drug-likeness (QED) is 0.773. The molecule has 0 radical (unpaired) electrons. The van der Waals surface area contributed by atoms with Gasteiger partial charge >= 0.3 is 0 Å². The normalized spacial score (nSPS) is 12.3. The number of carbonyl (C=O) groups excluding carboxylic acids is 1. The van der Waals surface area contributed by atoms with Gasteiger partial charge in [0.05, 0.1) is 18.5 Å². The molecule has 1 atom stereocenters. The number of benzene rings is 2. The van der Waals surface area contributed by atoms with Crippen molar-refractivity contribution < 1.29 is 23.1 Å². The molecule has 0 unspecified atom stereocenters. The summed E-state index contributed by atoms with van der Waals surface area (Å²) in [6, 6.07) is 15.5. The van der Waals surface area contributed by atoms with E-state index in [2.05, 4.69) is 5.32 Å². The number of aliphatic hydroxyl groups excluding tert-OH is 1. The molecule has 0 aliphatic rings. The fourth-order valence-corrected chi connectivity index (χ4v) is 3.06. The van der Waals surface area contributed by atoms with Crippen LogP contribution < -0.4 is 14.4 Å². The van der Waals surface area contributed by atoms with E-state index in [1.807, 2.05) is 18.2 Å². The van der Waals surface area contributed by atoms with Gasteiger partial charge in [-0.2, -0.15) is 0 Å². The number of hydrogen-bond acceptors (Lipinski definition) is 5. The molecule has 0 aromatic heterocycles. The molecule has 0 heterocycles. The first-order valence-corrected chi connectivity index (χ1v) is 9.36. The van der Waals surface area contributed by atoms with E-state index in [4.69, 9.17) is 4.74 Å². The van der Waals surface area contributed by atoms with Crippen molar-refractivity contribution in [3.63, 3.8) is 0 Å². The Balaban J connectivity index is 2.19. The van der Waals surface area contributed by atoms with Gasteiger partial charge in [-0.15, -0.1) is 0 Å². The van der Waals surface area contributed by atoms with Gasteiger partial charge in [-0.3, -0.25) is 9.10 Å². The molecule has 0 saturated carbocycles. The summed E-state index contributed by atoms with van der Waals surface area (Å²) >= 11 is 0. The van der Waals surface area contributed by atoms with Crippen molar-refractivity contribution in [2.75, 3.05) is 24.2 Å². The number of hydrogen-bond donors (Lipinski definition) is 2. The van der Waals surface area contributed by atoms with E-state index >= 15 is 0 Å². The maximum Gasteiger partial charge on any atom is 0.250 e. The second-order valence-corrected chi connectivity index (χ2v) is 7.24. The lowest BCUT2D eigenvalue weighted by Crippen LogP contribution is -2.43. The van der Waals surface area contributed by atoms with E-state index in [1.54, 1.807) is 36.4 Å². The van der Waals surface area contributed by atoms with Gasteiger partial charge in [0.2, 0.25) is 15.9 Å². The van der Waals surface area contributed by atoms with E-state index in [0.717, 1.165) is 10.6 Å². The second-order valence-electron chi connectivity index (χ2n) is 5.33. The summed E-state index contributed by atoms with van der Waals surface area (Å²) in [6.45, 7) is -0.378. The molecule has 134 valence electrons. The fourth-order valence-electron chi connectivity index (χ4n) is 2.14. The third-order valence-electron chi connectivity index (χ3n) is 3.39. The molecule has 0 bridgehead atoms. The molecule has 25 heavy (non-hydrogen) atoms. The minimum Gasteiger partial charge on any atom is -0.457 e. The molecule has 0 spiro atoms. The van der Waals surface area contributed by atoms with Crippen LogP contribution in [0.3, 0.4) is 0 Å². The summed E-state index contributed by atoms with van der Waals surface area (Å²) in [4.78, 5) is 11.5. The largest absolute Gasteiger partial charge is 0.457 e.